The summed E-state index contributed by atoms with van der Waals surface area (Å²) in [6.07, 6.45) is 3.55. The first kappa shape index (κ1) is 21.6. The summed E-state index contributed by atoms with van der Waals surface area (Å²) in [5.74, 6) is 0.564. The van der Waals surface area contributed by atoms with Gasteiger partial charge in [-0.05, 0) is 46.9 Å². The molecule has 2 aromatic heterocycles. The molecule has 0 amide bonds. The molecule has 0 atom stereocenters. The molecule has 0 aliphatic rings. The predicted molar refractivity (Wildman–Crippen MR) is 133 cm³/mol. The zero-order valence-corrected chi connectivity index (χ0v) is 19.0. The van der Waals surface area contributed by atoms with Gasteiger partial charge in [0.25, 0.3) is 5.56 Å². The van der Waals surface area contributed by atoms with Crippen LogP contribution in [0.25, 0.3) is 28.2 Å². The Bertz CT molecular complexity index is 1420. The lowest BCUT2D eigenvalue weighted by molar-refractivity contribution is 0.746. The number of hydrogen-bond donors (Lipinski definition) is 2. The maximum atomic E-state index is 13.3. The quantitative estimate of drug-likeness (QED) is 0.350. The summed E-state index contributed by atoms with van der Waals surface area (Å²) in [6.45, 7) is 2.16. The first-order chi connectivity index (χ1) is 16.7. The Balaban J connectivity index is 1.46. The molecule has 0 unspecified atom stereocenters. The topological polar surface area (TPSA) is 92.2 Å². The third-order valence-corrected chi connectivity index (χ3v) is 6.03. The number of H-pyrrole nitrogens is 2. The van der Waals surface area contributed by atoms with E-state index in [-0.39, 0.29) is 5.56 Å². The lowest BCUT2D eigenvalue weighted by Gasteiger charge is -2.08. The number of hydrogen-bond acceptors (Lipinski definition) is 4. The molecule has 5 rings (SSSR count). The van der Waals surface area contributed by atoms with Crippen LogP contribution in [0.2, 0.25) is 0 Å². The van der Waals surface area contributed by atoms with Crippen LogP contribution < -0.4 is 5.56 Å². The normalized spacial score (nSPS) is 11.1. The van der Waals surface area contributed by atoms with E-state index in [1.165, 1.54) is 0 Å². The Hall–Kier alpha value is -4.26. The average Bonchev–Trinajstić information content (AvgIpc) is 3.53. The molecule has 7 nitrogen and oxygen atoms in total. The number of aryl methyl sites for hydroxylation is 1. The third kappa shape index (κ3) is 4.32. The van der Waals surface area contributed by atoms with E-state index in [2.05, 4.69) is 56.9 Å². The van der Waals surface area contributed by atoms with E-state index in [9.17, 15) is 4.79 Å². The van der Waals surface area contributed by atoms with E-state index >= 15 is 0 Å². The SMILES string of the molecule is CCCCc1[nH]n(-c2ccccc2)c(=O)c1Cc1ccc(-c2ccccc2-c2nn[nH]n2)cc1. The van der Waals surface area contributed by atoms with Gasteiger partial charge in [-0.1, -0.05) is 80.1 Å². The molecule has 34 heavy (non-hydrogen) atoms. The second-order valence-electron chi connectivity index (χ2n) is 8.30. The molecule has 0 bridgehead atoms. The molecule has 0 aliphatic heterocycles. The summed E-state index contributed by atoms with van der Waals surface area (Å²) in [6, 6.07) is 26.1. The molecular weight excluding hydrogens is 424 g/mol. The van der Waals surface area contributed by atoms with Crippen molar-refractivity contribution < 1.29 is 0 Å². The fourth-order valence-electron chi connectivity index (χ4n) is 4.23. The third-order valence-electron chi connectivity index (χ3n) is 6.03. The molecule has 0 saturated heterocycles. The van der Waals surface area contributed by atoms with Crippen molar-refractivity contribution in [3.05, 3.63) is 106 Å². The highest BCUT2D eigenvalue weighted by Crippen LogP contribution is 2.30. The van der Waals surface area contributed by atoms with E-state index in [0.717, 1.165) is 58.5 Å². The van der Waals surface area contributed by atoms with Gasteiger partial charge in [0.1, 0.15) is 0 Å². The van der Waals surface area contributed by atoms with Gasteiger partial charge < -0.3 is 0 Å². The number of tetrazole rings is 1. The Labute approximate surface area is 197 Å². The number of aromatic amines is 2. The van der Waals surface area contributed by atoms with Gasteiger partial charge in [0.05, 0.1) is 5.69 Å². The highest BCUT2D eigenvalue weighted by atomic mass is 16.1. The smallest absolute Gasteiger partial charge is 0.275 e. The van der Waals surface area contributed by atoms with Crippen molar-refractivity contribution in [1.29, 1.82) is 0 Å². The van der Waals surface area contributed by atoms with Crippen LogP contribution >= 0.6 is 0 Å². The predicted octanol–water partition coefficient (Wildman–Crippen LogP) is 4.95. The number of aromatic nitrogens is 6. The molecule has 0 radical (unpaired) electrons. The maximum Gasteiger partial charge on any atom is 0.275 e. The van der Waals surface area contributed by atoms with E-state index < -0.39 is 0 Å². The van der Waals surface area contributed by atoms with Crippen LogP contribution in [0.1, 0.15) is 36.6 Å². The highest BCUT2D eigenvalue weighted by molar-refractivity contribution is 5.80. The summed E-state index contributed by atoms with van der Waals surface area (Å²) in [5, 5.41) is 17.8. The van der Waals surface area contributed by atoms with Gasteiger partial charge in [-0.25, -0.2) is 4.68 Å². The Morgan fingerprint density at radius 3 is 2.32 bits per heavy atom. The van der Waals surface area contributed by atoms with Crippen LogP contribution in [-0.4, -0.2) is 30.4 Å². The van der Waals surface area contributed by atoms with Crippen molar-refractivity contribution in [2.45, 2.75) is 32.6 Å². The maximum absolute atomic E-state index is 13.3. The van der Waals surface area contributed by atoms with Crippen LogP contribution in [0.3, 0.4) is 0 Å². The molecule has 0 aliphatic carbocycles. The Morgan fingerprint density at radius 1 is 0.882 bits per heavy atom. The van der Waals surface area contributed by atoms with E-state index in [1.807, 2.05) is 54.6 Å². The van der Waals surface area contributed by atoms with Gasteiger partial charge in [0, 0.05) is 23.2 Å². The molecule has 5 aromatic rings. The molecule has 3 aromatic carbocycles. The summed E-state index contributed by atoms with van der Waals surface area (Å²) < 4.78 is 1.66. The number of nitrogens with one attached hydrogen (secondary N) is 2. The van der Waals surface area contributed by atoms with Gasteiger partial charge >= 0.3 is 0 Å². The monoisotopic (exact) mass is 450 g/mol. The largest absolute Gasteiger partial charge is 0.295 e. The van der Waals surface area contributed by atoms with E-state index in [4.69, 9.17) is 0 Å². The highest BCUT2D eigenvalue weighted by Gasteiger charge is 2.16. The number of benzene rings is 3. The summed E-state index contributed by atoms with van der Waals surface area (Å²) in [7, 11) is 0. The lowest BCUT2D eigenvalue weighted by Crippen LogP contribution is -2.17. The fourth-order valence-corrected chi connectivity index (χ4v) is 4.23. The molecule has 170 valence electrons. The van der Waals surface area contributed by atoms with Gasteiger partial charge in [0.2, 0.25) is 5.82 Å². The zero-order valence-electron chi connectivity index (χ0n) is 19.0. The first-order valence-electron chi connectivity index (χ1n) is 11.5. The number of para-hydroxylation sites is 1. The molecular formula is C27H26N6O. The second kappa shape index (κ2) is 9.70. The lowest BCUT2D eigenvalue weighted by atomic mass is 9.96. The van der Waals surface area contributed by atoms with Crippen molar-refractivity contribution in [3.8, 4) is 28.2 Å². The minimum atomic E-state index is 0.0174. The van der Waals surface area contributed by atoms with Crippen LogP contribution in [0, 0.1) is 0 Å². The minimum Gasteiger partial charge on any atom is -0.295 e. The molecule has 0 spiro atoms. The molecule has 2 heterocycles. The Morgan fingerprint density at radius 2 is 1.62 bits per heavy atom. The Kier molecular flexibility index (Phi) is 6.16. The van der Waals surface area contributed by atoms with Crippen LogP contribution in [0.4, 0.5) is 0 Å². The van der Waals surface area contributed by atoms with Crippen molar-refractivity contribution in [1.82, 2.24) is 30.4 Å². The standard InChI is InChI=1S/C27H26N6O/c1-2-3-13-25-24(27(34)33(30-25)21-9-5-4-6-10-21)18-19-14-16-20(17-15-19)22-11-7-8-12-23(22)26-28-31-32-29-26/h4-12,14-17,30H,2-3,13,18H2,1H3,(H,28,29,31,32). The van der Waals surface area contributed by atoms with Crippen molar-refractivity contribution in [2.75, 3.05) is 0 Å². The second-order valence-corrected chi connectivity index (χ2v) is 8.30. The molecule has 0 saturated carbocycles. The van der Waals surface area contributed by atoms with E-state index in [1.54, 1.807) is 4.68 Å². The number of nitrogens with zero attached hydrogens (tertiary/aromatic N) is 4. The van der Waals surface area contributed by atoms with Crippen molar-refractivity contribution >= 4 is 0 Å². The van der Waals surface area contributed by atoms with Gasteiger partial charge in [-0.2, -0.15) is 5.21 Å². The van der Waals surface area contributed by atoms with E-state index in [0.29, 0.717) is 12.2 Å². The summed E-state index contributed by atoms with van der Waals surface area (Å²) >= 11 is 0. The number of rotatable bonds is 8. The first-order valence-corrected chi connectivity index (χ1v) is 11.5. The number of unbranched alkanes of at least 4 members (excludes halogenated alkanes) is 1. The van der Waals surface area contributed by atoms with Crippen LogP contribution in [0.5, 0.6) is 0 Å². The average molecular weight is 451 g/mol. The van der Waals surface area contributed by atoms with Gasteiger partial charge in [0.15, 0.2) is 0 Å². The molecule has 0 fully saturated rings. The summed E-state index contributed by atoms with van der Waals surface area (Å²) in [5.41, 5.74) is 6.82. The van der Waals surface area contributed by atoms with Crippen LogP contribution in [-0.2, 0) is 12.8 Å². The van der Waals surface area contributed by atoms with Crippen LogP contribution in [0.15, 0.2) is 83.7 Å². The van der Waals surface area contributed by atoms with Gasteiger partial charge in [-0.15, -0.1) is 10.2 Å². The fraction of sp³-hybridized carbons (Fsp3) is 0.185. The molecule has 2 N–H and O–H groups in total. The minimum absolute atomic E-state index is 0.0174. The van der Waals surface area contributed by atoms with Crippen molar-refractivity contribution in [2.24, 2.45) is 0 Å². The van der Waals surface area contributed by atoms with Gasteiger partial charge in [-0.3, -0.25) is 9.89 Å². The zero-order chi connectivity index (χ0) is 23.3. The van der Waals surface area contributed by atoms with Crippen molar-refractivity contribution in [3.63, 3.8) is 0 Å². The molecule has 7 heteroatoms. The summed E-state index contributed by atoms with van der Waals surface area (Å²) in [4.78, 5) is 13.3.